The van der Waals surface area contributed by atoms with Crippen LogP contribution in [0.1, 0.15) is 40.4 Å². The molecule has 5 heterocycles. The summed E-state index contributed by atoms with van der Waals surface area (Å²) in [4.78, 5) is 13.9. The van der Waals surface area contributed by atoms with Crippen molar-refractivity contribution < 1.29 is 110 Å². The van der Waals surface area contributed by atoms with Gasteiger partial charge in [-0.1, -0.05) is 35.0 Å². The number of aliphatic imine (C=N–C) groups is 2. The van der Waals surface area contributed by atoms with Crippen molar-refractivity contribution in [2.24, 2.45) is 9.98 Å². The molecule has 9 rings (SSSR count). The van der Waals surface area contributed by atoms with Gasteiger partial charge in [0, 0.05) is 39.5 Å². The Labute approximate surface area is 396 Å². The van der Waals surface area contributed by atoms with Gasteiger partial charge in [-0.3, -0.25) is 9.98 Å². The van der Waals surface area contributed by atoms with Crippen LogP contribution in [-0.4, -0.2) is 23.2 Å². The van der Waals surface area contributed by atoms with Crippen LogP contribution in [0.25, 0.3) is 22.3 Å². The van der Waals surface area contributed by atoms with Gasteiger partial charge in [0.1, 0.15) is 5.90 Å². The maximum atomic E-state index is 16.0. The van der Waals surface area contributed by atoms with E-state index in [2.05, 4.69) is 32.1 Å². The molecule has 0 unspecified atom stereocenters. The van der Waals surface area contributed by atoms with Crippen molar-refractivity contribution in [1.29, 1.82) is 0 Å². The number of hydrogen-bond acceptors (Lipinski definition) is 3. The second kappa shape index (κ2) is 18.2. The molecule has 0 amide bonds. The summed E-state index contributed by atoms with van der Waals surface area (Å²) in [5.41, 5.74) is -20.2. The number of allylic oxidation sites excluding steroid dienone is 3. The normalized spacial score (nSPS) is 14.4. The molecule has 5 nitrogen and oxygen atoms in total. The molecule has 0 saturated carbocycles. The topological polar surface area (TPSA) is 63.8 Å². The Hall–Kier alpha value is -7.60. The number of halogens is 20. The zero-order valence-corrected chi connectivity index (χ0v) is 35.1. The van der Waals surface area contributed by atoms with Gasteiger partial charge in [0.25, 0.3) is 0 Å². The number of fused-ring (bicyclic) bond motifs is 6. The van der Waals surface area contributed by atoms with Gasteiger partial charge in [-0.05, 0) is 41.6 Å². The van der Waals surface area contributed by atoms with Crippen LogP contribution in [0.4, 0.5) is 87.8 Å². The van der Waals surface area contributed by atoms with Crippen LogP contribution < -0.4 is 15.7 Å². The third kappa shape index (κ3) is 7.39. The van der Waals surface area contributed by atoms with Gasteiger partial charge < -0.3 is 14.7 Å². The third-order valence-electron chi connectivity index (χ3n) is 10.7. The molecule has 0 spiro atoms. The van der Waals surface area contributed by atoms with Gasteiger partial charge in [0.05, 0.1) is 17.9 Å². The van der Waals surface area contributed by atoms with Gasteiger partial charge in [0.15, 0.2) is 111 Å². The fourth-order valence-electron chi connectivity index (χ4n) is 7.62. The van der Waals surface area contributed by atoms with E-state index in [9.17, 15) is 35.1 Å². The molecular formula is C46H11CuF20N4O-3. The van der Waals surface area contributed by atoms with E-state index >= 15 is 52.7 Å². The van der Waals surface area contributed by atoms with E-state index in [1.165, 1.54) is 0 Å². The van der Waals surface area contributed by atoms with Crippen molar-refractivity contribution >= 4 is 33.9 Å². The first-order valence-corrected chi connectivity index (χ1v) is 19.2. The summed E-state index contributed by atoms with van der Waals surface area (Å²) < 4.78 is 311. The van der Waals surface area contributed by atoms with Crippen molar-refractivity contribution in [3.05, 3.63) is 220 Å². The maximum Gasteiger partial charge on any atom is 0.200 e. The summed E-state index contributed by atoms with van der Waals surface area (Å²) in [5.74, 6) is -54.7. The van der Waals surface area contributed by atoms with Crippen molar-refractivity contribution in [2.75, 3.05) is 6.61 Å². The molecule has 72 heavy (non-hydrogen) atoms. The first-order valence-electron chi connectivity index (χ1n) is 19.2. The van der Waals surface area contributed by atoms with E-state index in [4.69, 9.17) is 4.74 Å². The number of ether oxygens (including phenoxy) is 1. The van der Waals surface area contributed by atoms with Crippen molar-refractivity contribution in [2.45, 2.75) is 6.92 Å². The van der Waals surface area contributed by atoms with Crippen molar-refractivity contribution in [1.82, 2.24) is 9.97 Å². The standard InChI is InChI=1S/C46H11F20N4O.Cu/c1-2-71-46-11-8-17(70-46)21(25-32(53)40(61)45(66)41(62)33(25)54)16-7-10(9-67-16)18(22-26(47)34(55)42(63)35(56)27(22)48)12-3-5-14(68-12)20(24-30(51)38(59)44(65)39(60)31(24)52)15-6-4-13(69-15)19(11)23-28(49)36(57)43(64)37(58)29(23)50;/h3-6,9,67H,2H2,1H3;/q-3;. The minimum atomic E-state index is -2.76. The number of hydrogen-bond donors (Lipinski definition) is 1. The largest absolute Gasteiger partial charge is 0.665 e. The van der Waals surface area contributed by atoms with E-state index in [1.807, 2.05) is 0 Å². The second-order valence-corrected chi connectivity index (χ2v) is 14.6. The minimum Gasteiger partial charge on any atom is -0.665 e. The van der Waals surface area contributed by atoms with E-state index < -0.39 is 218 Å². The first kappa shape index (κ1) is 50.8. The first-order chi connectivity index (χ1) is 33.5. The summed E-state index contributed by atoms with van der Waals surface area (Å²) >= 11 is 0. The third-order valence-corrected chi connectivity index (χ3v) is 10.7. The van der Waals surface area contributed by atoms with E-state index in [0.717, 1.165) is 6.92 Å². The molecule has 1 N–H and O–H groups in total. The predicted octanol–water partition coefficient (Wildman–Crippen LogP) is 10.4. The Bertz CT molecular complexity index is 3670. The zero-order valence-electron chi connectivity index (χ0n) is 34.2. The van der Waals surface area contributed by atoms with Crippen molar-refractivity contribution in [3.8, 4) is 0 Å². The Balaban J connectivity index is 0.00000693. The number of nitrogens with zero attached hydrogens (tertiary/aromatic N) is 3. The molecule has 0 saturated heterocycles. The van der Waals surface area contributed by atoms with Gasteiger partial charge in [-0.2, -0.15) is 5.35 Å². The summed E-state index contributed by atoms with van der Waals surface area (Å²) in [5, 5.41) is -2.25. The smallest absolute Gasteiger partial charge is 0.200 e. The van der Waals surface area contributed by atoms with Crippen LogP contribution in [0.2, 0.25) is 0 Å². The Morgan fingerprint density at radius 2 is 0.847 bits per heavy atom. The number of benzene rings is 4. The number of aromatic amines is 1. The number of aromatic nitrogens is 2. The SMILES string of the molecule is CCOC1=NC2=C(c3c(F)c(F)c(F)c(F)c3F)c3[c-]c(c[nH]3)C(c3c(F)c(F)c(F)c(F)c3F)=C3C=CC(=N3)C(c3c(F)c(F)c(F)c(F)c3F)=c3ccc([n-]3)=C(c3c(F)c(F)c(F)c(F)c3F)C1=[C-]2.[Cu]. The van der Waals surface area contributed by atoms with Crippen molar-refractivity contribution in [3.63, 3.8) is 0 Å². The predicted molar refractivity (Wildman–Crippen MR) is 203 cm³/mol. The fraction of sp³-hybridized carbons (Fsp3) is 0.0435. The fourth-order valence-corrected chi connectivity index (χ4v) is 7.62. The molecule has 1 radical (unpaired) electrons. The van der Waals surface area contributed by atoms with Gasteiger partial charge >= 0.3 is 0 Å². The van der Waals surface area contributed by atoms with Gasteiger partial charge in [0.2, 0.25) is 5.82 Å². The number of rotatable bonds is 5. The minimum absolute atomic E-state index is 0. The van der Waals surface area contributed by atoms with Crippen LogP contribution in [0.5, 0.6) is 0 Å². The molecule has 8 bridgehead atoms. The van der Waals surface area contributed by atoms with Gasteiger partial charge in [-0.25, -0.2) is 87.8 Å². The molecule has 6 aromatic rings. The Kier molecular flexibility index (Phi) is 12.8. The van der Waals surface area contributed by atoms with E-state index in [0.29, 0.717) is 30.5 Å². The molecule has 26 heteroatoms. The molecule has 4 aromatic carbocycles. The number of H-pyrrole nitrogens is 1. The molecule has 3 aliphatic rings. The average molecular weight is 1080 g/mol. The van der Waals surface area contributed by atoms with Gasteiger partial charge in [-0.15, -0.1) is 23.1 Å². The second-order valence-electron chi connectivity index (χ2n) is 14.6. The number of nitrogens with one attached hydrogen (secondary N) is 1. The molecular weight excluding hydrogens is 1070 g/mol. The molecule has 0 aliphatic carbocycles. The van der Waals surface area contributed by atoms with Crippen LogP contribution in [0.3, 0.4) is 0 Å². The molecule has 2 aromatic heterocycles. The van der Waals surface area contributed by atoms with Crippen LogP contribution >= 0.6 is 0 Å². The quantitative estimate of drug-likeness (QED) is 0.0615. The summed E-state index contributed by atoms with van der Waals surface area (Å²) in [7, 11) is 0. The average Bonchev–Trinajstić information content (AvgIpc) is 4.21. The summed E-state index contributed by atoms with van der Waals surface area (Å²) in [6.45, 7) is 0.536. The van der Waals surface area contributed by atoms with Crippen LogP contribution in [-0.2, 0) is 21.8 Å². The van der Waals surface area contributed by atoms with Crippen LogP contribution in [0.15, 0.2) is 57.4 Å². The van der Waals surface area contributed by atoms with E-state index in [-0.39, 0.29) is 17.1 Å². The Morgan fingerprint density at radius 1 is 0.472 bits per heavy atom. The molecule has 0 fully saturated rings. The molecule has 375 valence electrons. The zero-order chi connectivity index (χ0) is 51.6. The van der Waals surface area contributed by atoms with Crippen LogP contribution in [0, 0.1) is 128 Å². The molecule has 0 atom stereocenters. The molecule has 3 aliphatic heterocycles. The summed E-state index contributed by atoms with van der Waals surface area (Å²) in [6, 6.07) is 3.25. The monoisotopic (exact) mass is 1080 g/mol. The van der Waals surface area contributed by atoms with E-state index in [1.54, 1.807) is 0 Å². The maximum absolute atomic E-state index is 16.0. The summed E-state index contributed by atoms with van der Waals surface area (Å²) in [6.07, 6.45) is 3.74. The Morgan fingerprint density at radius 3 is 1.28 bits per heavy atom.